The first kappa shape index (κ1) is 10.0. The summed E-state index contributed by atoms with van der Waals surface area (Å²) in [6, 6.07) is 8.01. The summed E-state index contributed by atoms with van der Waals surface area (Å²) >= 11 is 3.38. The van der Waals surface area contributed by atoms with Gasteiger partial charge in [0, 0.05) is 10.9 Å². The fraction of sp³-hybridized carbons (Fsp3) is 0.100. The molecule has 15 heavy (non-hydrogen) atoms. The molecule has 1 aromatic heterocycles. The van der Waals surface area contributed by atoms with Crippen LogP contribution in [0, 0.1) is 0 Å². The molecule has 0 radical (unpaired) electrons. The molecule has 2 aromatic rings. The number of nitrogen functional groups attached to an aromatic ring is 1. The lowest BCUT2D eigenvalue weighted by Crippen LogP contribution is -2.02. The minimum atomic E-state index is 0.261. The molecule has 0 aliphatic rings. The van der Waals surface area contributed by atoms with Crippen LogP contribution in [-0.4, -0.2) is 15.0 Å². The van der Waals surface area contributed by atoms with E-state index in [1.165, 1.54) is 6.33 Å². The third-order valence-electron chi connectivity index (χ3n) is 1.92. The first-order valence-electron chi connectivity index (χ1n) is 4.42. The van der Waals surface area contributed by atoms with Crippen LogP contribution in [0.5, 0.6) is 0 Å². The Kier molecular flexibility index (Phi) is 2.91. The molecule has 0 unspecified atom stereocenters. The number of hydrogen-bond acceptors (Lipinski definition) is 4. The van der Waals surface area contributed by atoms with E-state index in [0.29, 0.717) is 12.2 Å². The molecular weight excluding hydrogens is 256 g/mol. The highest BCUT2D eigenvalue weighted by Gasteiger charge is 2.00. The highest BCUT2D eigenvalue weighted by molar-refractivity contribution is 9.10. The Balaban J connectivity index is 2.18. The van der Waals surface area contributed by atoms with Crippen LogP contribution < -0.4 is 5.73 Å². The van der Waals surface area contributed by atoms with Crippen LogP contribution in [0.25, 0.3) is 0 Å². The first-order valence-corrected chi connectivity index (χ1v) is 5.21. The maximum atomic E-state index is 5.47. The van der Waals surface area contributed by atoms with Crippen LogP contribution >= 0.6 is 15.9 Å². The molecule has 0 bridgehead atoms. The zero-order chi connectivity index (χ0) is 10.7. The number of nitrogens with two attached hydrogens (primary N) is 1. The number of rotatable bonds is 2. The Morgan fingerprint density at radius 2 is 1.87 bits per heavy atom. The zero-order valence-corrected chi connectivity index (χ0v) is 9.48. The van der Waals surface area contributed by atoms with E-state index in [0.717, 1.165) is 10.0 Å². The van der Waals surface area contributed by atoms with E-state index in [2.05, 4.69) is 30.9 Å². The number of aromatic nitrogens is 3. The summed E-state index contributed by atoms with van der Waals surface area (Å²) in [6.45, 7) is 0. The van der Waals surface area contributed by atoms with Gasteiger partial charge in [-0.3, -0.25) is 0 Å². The number of nitrogens with zero attached hydrogens (tertiary/aromatic N) is 3. The molecule has 2 N–H and O–H groups in total. The maximum Gasteiger partial charge on any atom is 0.223 e. The standard InChI is InChI=1S/C10H9BrN4/c11-8-3-1-7(2-4-8)5-9-13-6-14-10(12)15-9/h1-4,6H,5H2,(H2,12,13,14,15). The van der Waals surface area contributed by atoms with Crippen molar-refractivity contribution in [2.75, 3.05) is 5.73 Å². The lowest BCUT2D eigenvalue weighted by molar-refractivity contribution is 0.928. The fourth-order valence-corrected chi connectivity index (χ4v) is 1.48. The molecule has 0 aliphatic carbocycles. The van der Waals surface area contributed by atoms with E-state index in [-0.39, 0.29) is 5.95 Å². The maximum absolute atomic E-state index is 5.47. The molecule has 0 atom stereocenters. The summed E-state index contributed by atoms with van der Waals surface area (Å²) < 4.78 is 1.06. The van der Waals surface area contributed by atoms with E-state index in [1.807, 2.05) is 24.3 Å². The summed E-state index contributed by atoms with van der Waals surface area (Å²) in [4.78, 5) is 11.8. The van der Waals surface area contributed by atoms with Gasteiger partial charge in [-0.2, -0.15) is 4.98 Å². The predicted molar refractivity (Wildman–Crippen MR) is 61.2 cm³/mol. The molecule has 2 rings (SSSR count). The topological polar surface area (TPSA) is 64.7 Å². The van der Waals surface area contributed by atoms with Crippen molar-refractivity contribution in [3.63, 3.8) is 0 Å². The Hall–Kier alpha value is -1.49. The van der Waals surface area contributed by atoms with E-state index < -0.39 is 0 Å². The summed E-state index contributed by atoms with van der Waals surface area (Å²) in [5, 5.41) is 0. The van der Waals surface area contributed by atoms with Crippen LogP contribution in [0.3, 0.4) is 0 Å². The number of halogens is 1. The average molecular weight is 265 g/mol. The van der Waals surface area contributed by atoms with Crippen LogP contribution in [0.4, 0.5) is 5.95 Å². The van der Waals surface area contributed by atoms with Crippen molar-refractivity contribution < 1.29 is 0 Å². The number of hydrogen-bond donors (Lipinski definition) is 1. The largest absolute Gasteiger partial charge is 0.368 e. The fourth-order valence-electron chi connectivity index (χ4n) is 1.21. The monoisotopic (exact) mass is 264 g/mol. The van der Waals surface area contributed by atoms with Crippen LogP contribution in [-0.2, 0) is 6.42 Å². The van der Waals surface area contributed by atoms with E-state index in [9.17, 15) is 0 Å². The zero-order valence-electron chi connectivity index (χ0n) is 7.89. The van der Waals surface area contributed by atoms with Gasteiger partial charge in [0.1, 0.15) is 12.2 Å². The van der Waals surface area contributed by atoms with Crippen molar-refractivity contribution in [2.45, 2.75) is 6.42 Å². The smallest absolute Gasteiger partial charge is 0.223 e. The Labute approximate surface area is 95.7 Å². The van der Waals surface area contributed by atoms with Crippen LogP contribution in [0.1, 0.15) is 11.4 Å². The molecule has 5 heteroatoms. The van der Waals surface area contributed by atoms with Gasteiger partial charge in [-0.15, -0.1) is 0 Å². The molecular formula is C10H9BrN4. The first-order chi connectivity index (χ1) is 7.24. The Bertz CT molecular complexity index is 455. The van der Waals surface area contributed by atoms with Gasteiger partial charge in [0.25, 0.3) is 0 Å². The molecule has 1 heterocycles. The van der Waals surface area contributed by atoms with Gasteiger partial charge < -0.3 is 5.73 Å². The molecule has 0 saturated carbocycles. The molecule has 0 aliphatic heterocycles. The van der Waals surface area contributed by atoms with Crippen molar-refractivity contribution in [3.05, 3.63) is 46.5 Å². The van der Waals surface area contributed by atoms with E-state index in [4.69, 9.17) is 5.73 Å². The summed E-state index contributed by atoms with van der Waals surface area (Å²) in [7, 11) is 0. The van der Waals surface area contributed by atoms with Gasteiger partial charge in [-0.05, 0) is 17.7 Å². The minimum Gasteiger partial charge on any atom is -0.368 e. The van der Waals surface area contributed by atoms with E-state index >= 15 is 0 Å². The van der Waals surface area contributed by atoms with Crippen molar-refractivity contribution in [2.24, 2.45) is 0 Å². The van der Waals surface area contributed by atoms with Gasteiger partial charge in [0.2, 0.25) is 5.95 Å². The van der Waals surface area contributed by atoms with Gasteiger partial charge in [-0.1, -0.05) is 28.1 Å². The molecule has 0 spiro atoms. The van der Waals surface area contributed by atoms with Crippen molar-refractivity contribution >= 4 is 21.9 Å². The highest BCUT2D eigenvalue weighted by atomic mass is 79.9. The van der Waals surface area contributed by atoms with E-state index in [1.54, 1.807) is 0 Å². The molecule has 0 saturated heterocycles. The van der Waals surface area contributed by atoms with Crippen LogP contribution in [0.2, 0.25) is 0 Å². The molecule has 76 valence electrons. The number of benzene rings is 1. The van der Waals surface area contributed by atoms with Gasteiger partial charge in [0.05, 0.1) is 0 Å². The van der Waals surface area contributed by atoms with Crippen molar-refractivity contribution in [1.29, 1.82) is 0 Å². The molecule has 0 fully saturated rings. The lowest BCUT2D eigenvalue weighted by atomic mass is 10.1. The second-order valence-corrected chi connectivity index (χ2v) is 3.98. The highest BCUT2D eigenvalue weighted by Crippen LogP contribution is 2.12. The Morgan fingerprint density at radius 1 is 1.13 bits per heavy atom. The summed E-state index contributed by atoms with van der Waals surface area (Å²) in [5.41, 5.74) is 6.61. The molecule has 0 amide bonds. The quantitative estimate of drug-likeness (QED) is 0.899. The molecule has 1 aromatic carbocycles. The van der Waals surface area contributed by atoms with Crippen LogP contribution in [0.15, 0.2) is 35.1 Å². The summed E-state index contributed by atoms with van der Waals surface area (Å²) in [5.74, 6) is 0.946. The van der Waals surface area contributed by atoms with Crippen molar-refractivity contribution in [1.82, 2.24) is 15.0 Å². The Morgan fingerprint density at radius 3 is 2.53 bits per heavy atom. The van der Waals surface area contributed by atoms with Gasteiger partial charge >= 0.3 is 0 Å². The number of anilines is 1. The van der Waals surface area contributed by atoms with Gasteiger partial charge in [-0.25, -0.2) is 9.97 Å². The second-order valence-electron chi connectivity index (χ2n) is 3.06. The SMILES string of the molecule is Nc1ncnc(Cc2ccc(Br)cc2)n1. The minimum absolute atomic E-state index is 0.261. The molecule has 4 nitrogen and oxygen atoms in total. The summed E-state index contributed by atoms with van der Waals surface area (Å²) in [6.07, 6.45) is 2.09. The normalized spacial score (nSPS) is 10.2. The second kappa shape index (κ2) is 4.35. The average Bonchev–Trinajstić information content (AvgIpc) is 2.22. The van der Waals surface area contributed by atoms with Crippen molar-refractivity contribution in [3.8, 4) is 0 Å². The third kappa shape index (κ3) is 2.73. The van der Waals surface area contributed by atoms with Gasteiger partial charge in [0.15, 0.2) is 0 Å². The predicted octanol–water partition coefficient (Wildman–Crippen LogP) is 1.81. The third-order valence-corrected chi connectivity index (χ3v) is 2.44. The lowest BCUT2D eigenvalue weighted by Gasteiger charge is -2.00.